The van der Waals surface area contributed by atoms with E-state index in [0.717, 1.165) is 5.71 Å². The van der Waals surface area contributed by atoms with Gasteiger partial charge in [0, 0.05) is 5.71 Å². The van der Waals surface area contributed by atoms with Gasteiger partial charge in [0.15, 0.2) is 5.17 Å². The van der Waals surface area contributed by atoms with Crippen LogP contribution in [0.3, 0.4) is 0 Å². The molecule has 0 aromatic heterocycles. The molecule has 1 rings (SSSR count). The molecule has 17 heavy (non-hydrogen) atoms. The van der Waals surface area contributed by atoms with Crippen LogP contribution in [0.5, 0.6) is 0 Å². The van der Waals surface area contributed by atoms with E-state index in [4.69, 9.17) is 4.74 Å². The second-order valence-corrected chi connectivity index (χ2v) is 4.45. The lowest BCUT2D eigenvalue weighted by molar-refractivity contribution is -0.145. The second-order valence-electron chi connectivity index (χ2n) is 3.50. The summed E-state index contributed by atoms with van der Waals surface area (Å²) in [5.41, 5.74) is 0.786. The number of hydrogen-bond donors (Lipinski definition) is 0. The topological polar surface area (TPSA) is 71.3 Å². The molecule has 6 nitrogen and oxygen atoms in total. The molecule has 1 fully saturated rings. The number of thioether (sulfide) groups is 1. The molecule has 0 spiro atoms. The Hall–Kier alpha value is -1.37. The maximum absolute atomic E-state index is 11.5. The molecule has 0 bridgehead atoms. The van der Waals surface area contributed by atoms with Crippen molar-refractivity contribution in [1.29, 1.82) is 0 Å². The van der Waals surface area contributed by atoms with Gasteiger partial charge in [-0.15, -0.1) is 5.10 Å². The highest BCUT2D eigenvalue weighted by molar-refractivity contribution is 8.15. The van der Waals surface area contributed by atoms with Gasteiger partial charge in [0.25, 0.3) is 0 Å². The fraction of sp³-hybridized carbons (Fsp3) is 0.600. The summed E-state index contributed by atoms with van der Waals surface area (Å²) >= 11 is 1.27. The minimum atomic E-state index is -0.437. The first-order valence-electron chi connectivity index (χ1n) is 5.22. The molecule has 0 atom stereocenters. The maximum Gasteiger partial charge on any atom is 0.326 e. The van der Waals surface area contributed by atoms with Crippen LogP contribution in [0.1, 0.15) is 20.8 Å². The van der Waals surface area contributed by atoms with E-state index in [1.165, 1.54) is 16.7 Å². The third kappa shape index (κ3) is 4.18. The molecule has 0 N–H and O–H groups in total. The van der Waals surface area contributed by atoms with Gasteiger partial charge in [0.05, 0.1) is 12.4 Å². The van der Waals surface area contributed by atoms with Crippen molar-refractivity contribution in [2.45, 2.75) is 20.8 Å². The van der Waals surface area contributed by atoms with E-state index in [-0.39, 0.29) is 18.2 Å². The van der Waals surface area contributed by atoms with E-state index < -0.39 is 5.97 Å². The van der Waals surface area contributed by atoms with Crippen molar-refractivity contribution in [1.82, 2.24) is 4.90 Å². The van der Waals surface area contributed by atoms with Crippen LogP contribution in [-0.2, 0) is 14.3 Å². The highest BCUT2D eigenvalue weighted by Gasteiger charge is 2.30. The highest BCUT2D eigenvalue weighted by Crippen LogP contribution is 2.19. The average Bonchev–Trinajstić information content (AvgIpc) is 2.58. The number of rotatable bonds is 4. The number of amidine groups is 1. The summed E-state index contributed by atoms with van der Waals surface area (Å²) in [5, 5.41) is 8.26. The van der Waals surface area contributed by atoms with Gasteiger partial charge in [-0.05, 0) is 20.8 Å². The summed E-state index contributed by atoms with van der Waals surface area (Å²) in [6.45, 7) is 5.53. The minimum Gasteiger partial charge on any atom is -0.465 e. The van der Waals surface area contributed by atoms with Crippen molar-refractivity contribution < 1.29 is 14.3 Å². The summed E-state index contributed by atoms with van der Waals surface area (Å²) in [7, 11) is 0. The number of ether oxygens (including phenoxy) is 1. The lowest BCUT2D eigenvalue weighted by atomic mass is 10.5. The quantitative estimate of drug-likeness (QED) is 0.426. The molecule has 0 aliphatic carbocycles. The monoisotopic (exact) mass is 257 g/mol. The molecule has 0 unspecified atom stereocenters. The number of nitrogens with zero attached hydrogens (tertiary/aromatic N) is 3. The normalized spacial score (nSPS) is 17.5. The van der Waals surface area contributed by atoms with Crippen LogP contribution < -0.4 is 0 Å². The predicted octanol–water partition coefficient (Wildman–Crippen LogP) is 0.877. The van der Waals surface area contributed by atoms with E-state index in [0.29, 0.717) is 11.8 Å². The summed E-state index contributed by atoms with van der Waals surface area (Å²) in [5.74, 6) is -0.296. The molecular formula is C10H15N3O3S. The summed E-state index contributed by atoms with van der Waals surface area (Å²) in [6, 6.07) is 0. The molecule has 1 aliphatic heterocycles. The van der Waals surface area contributed by atoms with Crippen LogP contribution in [0.2, 0.25) is 0 Å². The van der Waals surface area contributed by atoms with Crippen molar-refractivity contribution in [3.63, 3.8) is 0 Å². The van der Waals surface area contributed by atoms with Gasteiger partial charge in [-0.25, -0.2) is 0 Å². The molecule has 7 heteroatoms. The highest BCUT2D eigenvalue weighted by atomic mass is 32.2. The smallest absolute Gasteiger partial charge is 0.326 e. The molecule has 1 saturated heterocycles. The zero-order valence-corrected chi connectivity index (χ0v) is 10.9. The first-order valence-corrected chi connectivity index (χ1v) is 6.20. The number of hydrogen-bond acceptors (Lipinski definition) is 6. The first kappa shape index (κ1) is 13.7. The van der Waals surface area contributed by atoms with Crippen molar-refractivity contribution in [3.05, 3.63) is 0 Å². The Balaban J connectivity index is 2.72. The van der Waals surface area contributed by atoms with Crippen LogP contribution in [-0.4, -0.2) is 46.6 Å². The number of carbonyl (C=O) groups is 2. The Morgan fingerprint density at radius 1 is 1.53 bits per heavy atom. The minimum absolute atomic E-state index is 0.100. The molecule has 0 saturated carbocycles. The number of carbonyl (C=O) groups excluding carboxylic acids is 2. The fourth-order valence-electron chi connectivity index (χ4n) is 1.11. The molecule has 0 aromatic carbocycles. The lowest BCUT2D eigenvalue weighted by Crippen LogP contribution is -2.35. The van der Waals surface area contributed by atoms with Crippen LogP contribution >= 0.6 is 11.8 Å². The Labute approximate surface area is 104 Å². The van der Waals surface area contributed by atoms with E-state index in [2.05, 4.69) is 10.2 Å². The third-order valence-corrected chi connectivity index (χ3v) is 2.74. The predicted molar refractivity (Wildman–Crippen MR) is 67.0 cm³/mol. The summed E-state index contributed by atoms with van der Waals surface area (Å²) in [4.78, 5) is 24.1. The fourth-order valence-corrected chi connectivity index (χ4v) is 1.94. The maximum atomic E-state index is 11.5. The van der Waals surface area contributed by atoms with Gasteiger partial charge < -0.3 is 4.74 Å². The zero-order chi connectivity index (χ0) is 12.8. The molecule has 0 radical (unpaired) electrons. The lowest BCUT2D eigenvalue weighted by Gasteiger charge is -2.13. The van der Waals surface area contributed by atoms with E-state index >= 15 is 0 Å². The van der Waals surface area contributed by atoms with Crippen LogP contribution in [0.15, 0.2) is 10.2 Å². The number of amides is 1. The van der Waals surface area contributed by atoms with E-state index in [9.17, 15) is 9.59 Å². The van der Waals surface area contributed by atoms with Gasteiger partial charge in [0.2, 0.25) is 5.91 Å². The summed E-state index contributed by atoms with van der Waals surface area (Å²) in [6.07, 6.45) is 0. The molecule has 0 aromatic rings. The standard InChI is InChI=1S/C10H15N3O3S/c1-4-16-9(15)5-13-8(14)6-17-10(13)12-11-7(2)3/h4-6H2,1-3H3/b12-10+. The Morgan fingerprint density at radius 3 is 2.82 bits per heavy atom. The molecule has 1 heterocycles. The van der Waals surface area contributed by atoms with Crippen LogP contribution in [0.4, 0.5) is 0 Å². The van der Waals surface area contributed by atoms with Crippen LogP contribution in [0.25, 0.3) is 0 Å². The molecular weight excluding hydrogens is 242 g/mol. The molecule has 1 aliphatic rings. The van der Waals surface area contributed by atoms with Crippen molar-refractivity contribution in [2.24, 2.45) is 10.2 Å². The molecule has 1 amide bonds. The molecule has 94 valence electrons. The largest absolute Gasteiger partial charge is 0.465 e. The van der Waals surface area contributed by atoms with Gasteiger partial charge in [0.1, 0.15) is 6.54 Å². The van der Waals surface area contributed by atoms with Crippen molar-refractivity contribution in [3.8, 4) is 0 Å². The van der Waals surface area contributed by atoms with Gasteiger partial charge in [-0.1, -0.05) is 11.8 Å². The Bertz CT molecular complexity index is 375. The Kier molecular flexibility index (Phi) is 5.14. The van der Waals surface area contributed by atoms with E-state index in [1.54, 1.807) is 20.8 Å². The van der Waals surface area contributed by atoms with Crippen molar-refractivity contribution >= 4 is 34.5 Å². The van der Waals surface area contributed by atoms with Gasteiger partial charge >= 0.3 is 5.97 Å². The van der Waals surface area contributed by atoms with Crippen LogP contribution in [0, 0.1) is 0 Å². The van der Waals surface area contributed by atoms with Gasteiger partial charge in [-0.3, -0.25) is 14.5 Å². The zero-order valence-electron chi connectivity index (χ0n) is 10.1. The number of esters is 1. The first-order chi connectivity index (χ1) is 8.04. The second kappa shape index (κ2) is 6.39. The van der Waals surface area contributed by atoms with Gasteiger partial charge in [-0.2, -0.15) is 5.10 Å². The average molecular weight is 257 g/mol. The summed E-state index contributed by atoms with van der Waals surface area (Å²) < 4.78 is 4.79. The SMILES string of the molecule is CCOC(=O)CN1C(=O)CS/C1=N/N=C(C)C. The van der Waals surface area contributed by atoms with Crippen molar-refractivity contribution in [2.75, 3.05) is 18.9 Å². The third-order valence-electron chi connectivity index (χ3n) is 1.78. The Morgan fingerprint density at radius 2 is 2.24 bits per heavy atom. The van der Waals surface area contributed by atoms with E-state index in [1.807, 2.05) is 0 Å².